The van der Waals surface area contributed by atoms with Crippen LogP contribution in [0.2, 0.25) is 0 Å². The molecule has 5 heteroatoms. The van der Waals surface area contributed by atoms with Gasteiger partial charge < -0.3 is 20.6 Å². The second-order valence-electron chi connectivity index (χ2n) is 16.3. The van der Waals surface area contributed by atoms with E-state index >= 15 is 0 Å². The van der Waals surface area contributed by atoms with Crippen molar-refractivity contribution in [1.29, 1.82) is 0 Å². The zero-order valence-corrected chi connectivity index (χ0v) is 34.8. The van der Waals surface area contributed by atoms with Crippen LogP contribution in [0.3, 0.4) is 0 Å². The van der Waals surface area contributed by atoms with Crippen LogP contribution in [0.1, 0.15) is 264 Å². The van der Waals surface area contributed by atoms with Gasteiger partial charge in [-0.25, -0.2) is 0 Å². The number of unbranched alkanes of at least 4 members (excludes halogenated alkanes) is 35. The normalized spacial score (nSPS) is 13.4. The molecular formula is C46H93NO4. The van der Waals surface area contributed by atoms with Gasteiger partial charge in [-0.1, -0.05) is 245 Å². The number of aliphatic hydroxyl groups is 3. The van der Waals surface area contributed by atoms with E-state index in [1.807, 2.05) is 0 Å². The molecule has 0 saturated heterocycles. The highest BCUT2D eigenvalue weighted by Gasteiger charge is 2.26. The molecule has 0 heterocycles. The summed E-state index contributed by atoms with van der Waals surface area (Å²) in [5.41, 5.74) is 0. The lowest BCUT2D eigenvalue weighted by Gasteiger charge is -2.26. The Morgan fingerprint density at radius 2 is 0.667 bits per heavy atom. The maximum Gasteiger partial charge on any atom is 0.220 e. The van der Waals surface area contributed by atoms with Crippen molar-refractivity contribution >= 4 is 5.91 Å². The summed E-state index contributed by atoms with van der Waals surface area (Å²) in [4.78, 5) is 12.4. The summed E-state index contributed by atoms with van der Waals surface area (Å²) in [6.07, 6.45) is 47.9. The van der Waals surface area contributed by atoms with Crippen LogP contribution in [0, 0.1) is 0 Å². The molecule has 0 saturated carbocycles. The third kappa shape index (κ3) is 37.5. The first-order valence-electron chi connectivity index (χ1n) is 23.3. The number of nitrogens with one attached hydrogen (secondary N) is 1. The lowest BCUT2D eigenvalue weighted by atomic mass is 9.99. The van der Waals surface area contributed by atoms with Crippen LogP contribution in [0.4, 0.5) is 0 Å². The lowest BCUT2D eigenvalue weighted by molar-refractivity contribution is -0.124. The average molecular weight is 724 g/mol. The topological polar surface area (TPSA) is 89.8 Å². The predicted octanol–water partition coefficient (Wildman–Crippen LogP) is 13.4. The summed E-state index contributed by atoms with van der Waals surface area (Å²) in [7, 11) is 0. The highest BCUT2D eigenvalue weighted by atomic mass is 16.3. The Balaban J connectivity index is 3.53. The first-order valence-corrected chi connectivity index (χ1v) is 23.3. The first kappa shape index (κ1) is 50.4. The molecule has 0 fully saturated rings. The molecule has 51 heavy (non-hydrogen) atoms. The number of hydrogen-bond donors (Lipinski definition) is 4. The van der Waals surface area contributed by atoms with Crippen molar-refractivity contribution in [2.45, 2.75) is 283 Å². The molecular weight excluding hydrogens is 631 g/mol. The molecule has 3 unspecified atom stereocenters. The molecule has 4 N–H and O–H groups in total. The van der Waals surface area contributed by atoms with Crippen LogP contribution in [-0.4, -0.2) is 46.1 Å². The van der Waals surface area contributed by atoms with Gasteiger partial charge in [-0.3, -0.25) is 4.79 Å². The van der Waals surface area contributed by atoms with E-state index in [2.05, 4.69) is 19.2 Å². The van der Waals surface area contributed by atoms with Gasteiger partial charge in [0.05, 0.1) is 18.8 Å². The van der Waals surface area contributed by atoms with E-state index in [0.29, 0.717) is 12.8 Å². The molecule has 0 aliphatic heterocycles. The van der Waals surface area contributed by atoms with Crippen LogP contribution in [0.5, 0.6) is 0 Å². The van der Waals surface area contributed by atoms with Gasteiger partial charge in [0.15, 0.2) is 0 Å². The number of aliphatic hydroxyl groups excluding tert-OH is 3. The van der Waals surface area contributed by atoms with Crippen molar-refractivity contribution in [3.8, 4) is 0 Å². The molecule has 0 aromatic rings. The third-order valence-electron chi connectivity index (χ3n) is 11.2. The van der Waals surface area contributed by atoms with Gasteiger partial charge in [0.1, 0.15) is 6.10 Å². The molecule has 1 amide bonds. The average Bonchev–Trinajstić information content (AvgIpc) is 3.13. The number of hydrogen-bond acceptors (Lipinski definition) is 4. The van der Waals surface area contributed by atoms with E-state index in [0.717, 1.165) is 32.1 Å². The molecule has 0 bridgehead atoms. The minimum atomic E-state index is -1.13. The van der Waals surface area contributed by atoms with Crippen LogP contribution in [0.15, 0.2) is 0 Å². The fourth-order valence-corrected chi connectivity index (χ4v) is 7.58. The van der Waals surface area contributed by atoms with Gasteiger partial charge in [0, 0.05) is 6.42 Å². The first-order chi connectivity index (χ1) is 25.1. The zero-order valence-electron chi connectivity index (χ0n) is 34.8. The Morgan fingerprint density at radius 1 is 0.412 bits per heavy atom. The third-order valence-corrected chi connectivity index (χ3v) is 11.2. The second-order valence-corrected chi connectivity index (χ2v) is 16.3. The Labute approximate surface area is 319 Å². The molecule has 0 aromatic heterocycles. The van der Waals surface area contributed by atoms with E-state index in [1.165, 1.54) is 205 Å². The summed E-state index contributed by atoms with van der Waals surface area (Å²) in [6.45, 7) is 4.20. The Morgan fingerprint density at radius 3 is 0.941 bits per heavy atom. The summed E-state index contributed by atoms with van der Waals surface area (Å²) >= 11 is 0. The number of carbonyl (C=O) groups is 1. The van der Waals surface area contributed by atoms with E-state index in [1.54, 1.807) is 0 Å². The van der Waals surface area contributed by atoms with Crippen molar-refractivity contribution in [2.24, 2.45) is 0 Å². The van der Waals surface area contributed by atoms with Gasteiger partial charge in [0.25, 0.3) is 0 Å². The van der Waals surface area contributed by atoms with Crippen molar-refractivity contribution in [1.82, 2.24) is 5.32 Å². The molecule has 0 aliphatic carbocycles. The quantitative estimate of drug-likeness (QED) is 0.0472. The smallest absolute Gasteiger partial charge is 0.220 e. The minimum absolute atomic E-state index is 0.139. The van der Waals surface area contributed by atoms with E-state index in [-0.39, 0.29) is 12.5 Å². The highest BCUT2D eigenvalue weighted by Crippen LogP contribution is 2.17. The SMILES string of the molecule is CCCCCCCCCCCCCCCCCCCCCCCCCC(=O)NC(CO)C(O)C(O)CCCCCCCCCCCCCCCC. The lowest BCUT2D eigenvalue weighted by Crippen LogP contribution is -2.50. The summed E-state index contributed by atoms with van der Waals surface area (Å²) in [5.74, 6) is -0.139. The molecule has 0 aromatic carbocycles. The molecule has 0 aliphatic rings. The highest BCUT2D eigenvalue weighted by molar-refractivity contribution is 5.76. The van der Waals surface area contributed by atoms with Gasteiger partial charge in [-0.15, -0.1) is 0 Å². The van der Waals surface area contributed by atoms with Crippen LogP contribution in [0.25, 0.3) is 0 Å². The fraction of sp³-hybridized carbons (Fsp3) is 0.978. The monoisotopic (exact) mass is 724 g/mol. The second kappa shape index (κ2) is 42.1. The Kier molecular flexibility index (Phi) is 41.6. The minimum Gasteiger partial charge on any atom is -0.394 e. The van der Waals surface area contributed by atoms with Crippen molar-refractivity contribution in [3.63, 3.8) is 0 Å². The predicted molar refractivity (Wildman–Crippen MR) is 222 cm³/mol. The summed E-state index contributed by atoms with van der Waals surface area (Å²) < 4.78 is 0. The number of carbonyl (C=O) groups excluding carboxylic acids is 1. The van der Waals surface area contributed by atoms with Crippen LogP contribution < -0.4 is 5.32 Å². The molecule has 3 atom stereocenters. The maximum absolute atomic E-state index is 12.4. The van der Waals surface area contributed by atoms with Gasteiger partial charge >= 0.3 is 0 Å². The summed E-state index contributed by atoms with van der Waals surface area (Å²) in [5, 5.41) is 33.6. The van der Waals surface area contributed by atoms with Crippen molar-refractivity contribution in [2.75, 3.05) is 6.61 Å². The van der Waals surface area contributed by atoms with Crippen molar-refractivity contribution in [3.05, 3.63) is 0 Å². The zero-order chi connectivity index (χ0) is 37.3. The van der Waals surface area contributed by atoms with E-state index in [4.69, 9.17) is 0 Å². The molecule has 0 radical (unpaired) electrons. The molecule has 0 spiro atoms. The largest absolute Gasteiger partial charge is 0.394 e. The van der Waals surface area contributed by atoms with Crippen molar-refractivity contribution < 1.29 is 20.1 Å². The Bertz CT molecular complexity index is 674. The molecule has 5 nitrogen and oxygen atoms in total. The van der Waals surface area contributed by atoms with Crippen LogP contribution >= 0.6 is 0 Å². The van der Waals surface area contributed by atoms with Gasteiger partial charge in [-0.2, -0.15) is 0 Å². The number of amides is 1. The number of rotatable bonds is 43. The Hall–Kier alpha value is -0.650. The molecule has 306 valence electrons. The van der Waals surface area contributed by atoms with E-state index in [9.17, 15) is 20.1 Å². The van der Waals surface area contributed by atoms with Crippen LogP contribution in [-0.2, 0) is 4.79 Å². The summed E-state index contributed by atoms with van der Waals surface area (Å²) in [6, 6.07) is -0.802. The van der Waals surface area contributed by atoms with E-state index < -0.39 is 18.2 Å². The molecule has 0 rings (SSSR count). The van der Waals surface area contributed by atoms with Gasteiger partial charge in [-0.05, 0) is 12.8 Å². The standard InChI is InChI=1S/C46H93NO4/c1-3-5-7-9-11-13-15-17-19-20-21-22-23-24-25-26-27-29-31-33-35-37-39-41-45(50)47-43(42-48)46(51)44(49)40-38-36-34-32-30-28-18-16-14-12-10-8-6-4-2/h43-44,46,48-49,51H,3-42H2,1-2H3,(H,47,50). The fourth-order valence-electron chi connectivity index (χ4n) is 7.58. The maximum atomic E-state index is 12.4. The van der Waals surface area contributed by atoms with Gasteiger partial charge in [0.2, 0.25) is 5.91 Å².